The molecule has 0 unspecified atom stereocenters. The second-order valence-electron chi connectivity index (χ2n) is 4.53. The Hall–Kier alpha value is -0.980. The molecule has 0 fully saturated rings. The third-order valence-corrected chi connectivity index (χ3v) is 2.39. The van der Waals surface area contributed by atoms with Crippen LogP contribution in [0.25, 0.3) is 0 Å². The van der Waals surface area contributed by atoms with Gasteiger partial charge in [-0.2, -0.15) is 4.98 Å². The molecule has 0 spiro atoms. The Bertz CT molecular complexity index is 323. The van der Waals surface area contributed by atoms with E-state index in [-0.39, 0.29) is 13.2 Å². The van der Waals surface area contributed by atoms with Gasteiger partial charge < -0.3 is 14.7 Å². The summed E-state index contributed by atoms with van der Waals surface area (Å²) < 4.78 is 4.99. The Morgan fingerprint density at radius 1 is 1.38 bits per heavy atom. The van der Waals surface area contributed by atoms with E-state index in [1.165, 1.54) is 0 Å². The quantitative estimate of drug-likeness (QED) is 0.703. The third kappa shape index (κ3) is 3.55. The van der Waals surface area contributed by atoms with E-state index in [1.54, 1.807) is 6.92 Å². The van der Waals surface area contributed by atoms with Gasteiger partial charge in [-0.15, -0.1) is 0 Å². The lowest BCUT2D eigenvalue weighted by Crippen LogP contribution is -2.38. The Morgan fingerprint density at radius 2 is 2.00 bits per heavy atom. The molecule has 6 nitrogen and oxygen atoms in total. The molecule has 6 heteroatoms. The standard InChI is InChI=1S/C10H19N3O3/c1-8-11-9(16-12-8)4-13(3)5-10(2,6-14)7-15/h14-15H,4-7H2,1-3H3. The van der Waals surface area contributed by atoms with E-state index in [0.717, 1.165) is 0 Å². The molecule has 1 aromatic rings. The Balaban J connectivity index is 2.50. The minimum atomic E-state index is -0.510. The molecule has 1 rings (SSSR count). The van der Waals surface area contributed by atoms with Crippen molar-refractivity contribution in [2.24, 2.45) is 5.41 Å². The fraction of sp³-hybridized carbons (Fsp3) is 0.800. The first kappa shape index (κ1) is 13.1. The van der Waals surface area contributed by atoms with Gasteiger partial charge >= 0.3 is 0 Å². The molecule has 1 heterocycles. The lowest BCUT2D eigenvalue weighted by Gasteiger charge is -2.29. The van der Waals surface area contributed by atoms with Crippen LogP contribution in [0.15, 0.2) is 4.52 Å². The summed E-state index contributed by atoms with van der Waals surface area (Å²) in [4.78, 5) is 6.02. The van der Waals surface area contributed by atoms with Crippen LogP contribution >= 0.6 is 0 Å². The minimum absolute atomic E-state index is 0.0588. The van der Waals surface area contributed by atoms with Crippen LogP contribution in [0.1, 0.15) is 18.6 Å². The van der Waals surface area contributed by atoms with E-state index in [9.17, 15) is 0 Å². The highest BCUT2D eigenvalue weighted by molar-refractivity contribution is 4.84. The number of hydrogen-bond donors (Lipinski definition) is 2. The van der Waals surface area contributed by atoms with Gasteiger partial charge in [0, 0.05) is 12.0 Å². The van der Waals surface area contributed by atoms with E-state index in [2.05, 4.69) is 10.1 Å². The summed E-state index contributed by atoms with van der Waals surface area (Å²) in [5, 5.41) is 22.0. The van der Waals surface area contributed by atoms with Crippen LogP contribution in [-0.4, -0.2) is 52.1 Å². The molecule has 0 aliphatic carbocycles. The van der Waals surface area contributed by atoms with Gasteiger partial charge in [0.2, 0.25) is 5.89 Å². The van der Waals surface area contributed by atoms with E-state index in [0.29, 0.717) is 24.8 Å². The molecule has 0 radical (unpaired) electrons. The van der Waals surface area contributed by atoms with E-state index >= 15 is 0 Å². The van der Waals surface area contributed by atoms with Gasteiger partial charge in [-0.25, -0.2) is 0 Å². The lowest BCUT2D eigenvalue weighted by atomic mass is 9.92. The summed E-state index contributed by atoms with van der Waals surface area (Å²) in [6.45, 7) is 4.53. The largest absolute Gasteiger partial charge is 0.396 e. The summed E-state index contributed by atoms with van der Waals surface area (Å²) in [6.07, 6.45) is 0. The van der Waals surface area contributed by atoms with Crippen LogP contribution in [0.3, 0.4) is 0 Å². The SMILES string of the molecule is Cc1noc(CN(C)CC(C)(CO)CO)n1. The van der Waals surface area contributed by atoms with Gasteiger partial charge in [0.1, 0.15) is 0 Å². The van der Waals surface area contributed by atoms with Crippen LogP contribution in [0.5, 0.6) is 0 Å². The van der Waals surface area contributed by atoms with Crippen LogP contribution in [-0.2, 0) is 6.54 Å². The van der Waals surface area contributed by atoms with Crippen molar-refractivity contribution in [2.45, 2.75) is 20.4 Å². The maximum Gasteiger partial charge on any atom is 0.240 e. The average molecular weight is 229 g/mol. The highest BCUT2D eigenvalue weighted by Crippen LogP contribution is 2.16. The van der Waals surface area contributed by atoms with Crippen molar-refractivity contribution in [3.05, 3.63) is 11.7 Å². The molecule has 0 atom stereocenters. The van der Waals surface area contributed by atoms with E-state index in [4.69, 9.17) is 14.7 Å². The van der Waals surface area contributed by atoms with Gasteiger partial charge in [-0.1, -0.05) is 12.1 Å². The highest BCUT2D eigenvalue weighted by Gasteiger charge is 2.24. The van der Waals surface area contributed by atoms with Crippen LogP contribution in [0, 0.1) is 12.3 Å². The average Bonchev–Trinajstić information content (AvgIpc) is 2.63. The monoisotopic (exact) mass is 229 g/mol. The van der Waals surface area contributed by atoms with Crippen LogP contribution in [0.2, 0.25) is 0 Å². The maximum absolute atomic E-state index is 9.17. The second-order valence-corrected chi connectivity index (χ2v) is 4.53. The molecule has 16 heavy (non-hydrogen) atoms. The molecular weight excluding hydrogens is 210 g/mol. The first-order valence-corrected chi connectivity index (χ1v) is 5.18. The highest BCUT2D eigenvalue weighted by atomic mass is 16.5. The predicted molar refractivity (Wildman–Crippen MR) is 57.6 cm³/mol. The molecule has 0 aromatic carbocycles. The van der Waals surface area contributed by atoms with Crippen molar-refractivity contribution < 1.29 is 14.7 Å². The molecule has 92 valence electrons. The smallest absolute Gasteiger partial charge is 0.240 e. The molecule has 0 aliphatic rings. The summed E-state index contributed by atoms with van der Waals surface area (Å²) in [5.74, 6) is 1.15. The van der Waals surface area contributed by atoms with E-state index < -0.39 is 5.41 Å². The first-order chi connectivity index (χ1) is 7.49. The fourth-order valence-corrected chi connectivity index (χ4v) is 1.49. The maximum atomic E-state index is 9.17. The minimum Gasteiger partial charge on any atom is -0.396 e. The topological polar surface area (TPSA) is 82.6 Å². The number of rotatable bonds is 6. The summed E-state index contributed by atoms with van der Waals surface area (Å²) in [6, 6.07) is 0. The van der Waals surface area contributed by atoms with Crippen molar-refractivity contribution in [1.82, 2.24) is 15.0 Å². The van der Waals surface area contributed by atoms with Crippen molar-refractivity contribution in [3.8, 4) is 0 Å². The first-order valence-electron chi connectivity index (χ1n) is 5.18. The number of aromatic nitrogens is 2. The molecular formula is C10H19N3O3. The van der Waals surface area contributed by atoms with Gasteiger partial charge in [0.25, 0.3) is 0 Å². The molecule has 0 bridgehead atoms. The number of aryl methyl sites for hydroxylation is 1. The summed E-state index contributed by atoms with van der Waals surface area (Å²) in [7, 11) is 1.88. The van der Waals surface area contributed by atoms with Gasteiger partial charge in [-0.3, -0.25) is 4.90 Å². The Morgan fingerprint density at radius 3 is 2.44 bits per heavy atom. The third-order valence-electron chi connectivity index (χ3n) is 2.39. The Labute approximate surface area is 94.9 Å². The molecule has 0 saturated heterocycles. The molecule has 0 saturated carbocycles. The zero-order valence-electron chi connectivity index (χ0n) is 9.97. The number of nitrogens with zero attached hydrogens (tertiary/aromatic N) is 3. The lowest BCUT2D eigenvalue weighted by molar-refractivity contribution is 0.0378. The van der Waals surface area contributed by atoms with E-state index in [1.807, 2.05) is 18.9 Å². The second kappa shape index (κ2) is 5.38. The zero-order valence-corrected chi connectivity index (χ0v) is 9.97. The summed E-state index contributed by atoms with van der Waals surface area (Å²) >= 11 is 0. The number of aliphatic hydroxyl groups excluding tert-OH is 2. The zero-order chi connectivity index (χ0) is 12.2. The van der Waals surface area contributed by atoms with Crippen molar-refractivity contribution in [2.75, 3.05) is 26.8 Å². The van der Waals surface area contributed by atoms with Gasteiger partial charge in [0.05, 0.1) is 19.8 Å². The van der Waals surface area contributed by atoms with Gasteiger partial charge in [0.15, 0.2) is 5.82 Å². The molecule has 0 amide bonds. The fourth-order valence-electron chi connectivity index (χ4n) is 1.49. The number of aliphatic hydroxyl groups is 2. The van der Waals surface area contributed by atoms with Crippen molar-refractivity contribution in [3.63, 3.8) is 0 Å². The van der Waals surface area contributed by atoms with Crippen LogP contribution in [0.4, 0.5) is 0 Å². The molecule has 1 aromatic heterocycles. The predicted octanol–water partition coefficient (Wildman–Crippen LogP) is -0.199. The van der Waals surface area contributed by atoms with Crippen molar-refractivity contribution in [1.29, 1.82) is 0 Å². The molecule has 2 N–H and O–H groups in total. The number of hydrogen-bond acceptors (Lipinski definition) is 6. The van der Waals surface area contributed by atoms with Crippen LogP contribution < -0.4 is 0 Å². The molecule has 0 aliphatic heterocycles. The van der Waals surface area contributed by atoms with Gasteiger partial charge in [-0.05, 0) is 14.0 Å². The Kier molecular flexibility index (Phi) is 4.40. The van der Waals surface area contributed by atoms with Crippen molar-refractivity contribution >= 4 is 0 Å². The normalized spacial score (nSPS) is 12.4. The summed E-state index contributed by atoms with van der Waals surface area (Å²) in [5.41, 5.74) is -0.510.